The highest BCUT2D eigenvalue weighted by Crippen LogP contribution is 2.19. The van der Waals surface area contributed by atoms with Crippen molar-refractivity contribution in [1.82, 2.24) is 9.38 Å². The number of Topliss-reactive ketones (excluding diaryl/α,β-unsaturated/α-hetero) is 1. The van der Waals surface area contributed by atoms with Gasteiger partial charge in [-0.1, -0.05) is 0 Å². The Morgan fingerprint density at radius 3 is 3.00 bits per heavy atom. The fourth-order valence-electron chi connectivity index (χ4n) is 1.27. The van der Waals surface area contributed by atoms with E-state index in [1.54, 1.807) is 4.40 Å². The lowest BCUT2D eigenvalue weighted by Gasteiger charge is -1.96. The lowest BCUT2D eigenvalue weighted by atomic mass is 10.4. The van der Waals surface area contributed by atoms with Gasteiger partial charge in [0.1, 0.15) is 10.4 Å². The molecule has 0 radical (unpaired) electrons. The molecule has 0 atom stereocenters. The van der Waals surface area contributed by atoms with Gasteiger partial charge in [0, 0.05) is 19.2 Å². The van der Waals surface area contributed by atoms with E-state index in [2.05, 4.69) is 20.9 Å². The number of aromatic nitrogens is 2. The first kappa shape index (κ1) is 9.33. The number of hydrogen-bond donors (Lipinski definition) is 0. The average Bonchev–Trinajstić information content (AvgIpc) is 2.44. The minimum atomic E-state index is -0.354. The maximum Gasteiger partial charge on any atom is 0.195 e. The molecular weight excluding hydrogens is 251 g/mol. The molecule has 14 heavy (non-hydrogen) atoms. The van der Waals surface area contributed by atoms with Crippen LogP contribution in [0.1, 0.15) is 17.5 Å². The Balaban J connectivity index is 2.84. The summed E-state index contributed by atoms with van der Waals surface area (Å²) in [5, 5.41) is 0. The van der Waals surface area contributed by atoms with E-state index in [0.717, 1.165) is 0 Å². The normalized spacial score (nSPS) is 10.8. The molecule has 0 amide bonds. The van der Waals surface area contributed by atoms with Crippen LogP contribution < -0.4 is 0 Å². The zero-order chi connectivity index (χ0) is 10.3. The van der Waals surface area contributed by atoms with E-state index in [-0.39, 0.29) is 11.6 Å². The summed E-state index contributed by atoms with van der Waals surface area (Å²) in [6, 6.07) is 2.61. The van der Waals surface area contributed by atoms with Crippen molar-refractivity contribution in [2.24, 2.45) is 0 Å². The predicted molar refractivity (Wildman–Crippen MR) is 52.9 cm³/mol. The number of halogens is 2. The summed E-state index contributed by atoms with van der Waals surface area (Å²) in [6.07, 6.45) is 1.49. The molecule has 0 N–H and O–H groups in total. The third-order valence-electron chi connectivity index (χ3n) is 1.88. The second-order valence-corrected chi connectivity index (χ2v) is 3.63. The van der Waals surface area contributed by atoms with Crippen LogP contribution in [0, 0.1) is 5.82 Å². The van der Waals surface area contributed by atoms with E-state index in [4.69, 9.17) is 0 Å². The van der Waals surface area contributed by atoms with Crippen LogP contribution in [0.3, 0.4) is 0 Å². The van der Waals surface area contributed by atoms with Crippen LogP contribution in [-0.4, -0.2) is 15.2 Å². The molecule has 0 bridgehead atoms. The molecule has 0 saturated heterocycles. The van der Waals surface area contributed by atoms with Gasteiger partial charge in [0.25, 0.3) is 0 Å². The molecular formula is C9H6BrFN2O. The second kappa shape index (κ2) is 3.16. The SMILES string of the molecule is CC(=O)c1nc(Br)c2cc(F)ccn12. The summed E-state index contributed by atoms with van der Waals surface area (Å²) in [5.41, 5.74) is 0.551. The van der Waals surface area contributed by atoms with Crippen molar-refractivity contribution in [2.75, 3.05) is 0 Å². The summed E-state index contributed by atoms with van der Waals surface area (Å²) in [7, 11) is 0. The maximum atomic E-state index is 12.9. The average molecular weight is 257 g/mol. The molecule has 0 aliphatic heterocycles. The van der Waals surface area contributed by atoms with E-state index < -0.39 is 0 Å². The topological polar surface area (TPSA) is 34.4 Å². The molecule has 3 nitrogen and oxygen atoms in total. The van der Waals surface area contributed by atoms with Gasteiger partial charge in [-0.2, -0.15) is 0 Å². The van der Waals surface area contributed by atoms with E-state index in [1.807, 2.05) is 0 Å². The predicted octanol–water partition coefficient (Wildman–Crippen LogP) is 2.44. The van der Waals surface area contributed by atoms with Crippen molar-refractivity contribution in [3.8, 4) is 0 Å². The number of nitrogens with zero attached hydrogens (tertiary/aromatic N) is 2. The Bertz CT molecular complexity index is 521. The van der Waals surface area contributed by atoms with Crippen molar-refractivity contribution >= 4 is 27.2 Å². The fourth-order valence-corrected chi connectivity index (χ4v) is 1.74. The molecule has 2 aromatic rings. The quantitative estimate of drug-likeness (QED) is 0.735. The third-order valence-corrected chi connectivity index (χ3v) is 2.46. The molecule has 2 rings (SSSR count). The van der Waals surface area contributed by atoms with Crippen molar-refractivity contribution in [2.45, 2.75) is 6.92 Å². The van der Waals surface area contributed by atoms with Gasteiger partial charge in [-0.25, -0.2) is 9.37 Å². The first-order chi connectivity index (χ1) is 6.59. The van der Waals surface area contributed by atoms with Crippen LogP contribution in [0.5, 0.6) is 0 Å². The number of hydrogen-bond acceptors (Lipinski definition) is 2. The molecule has 2 aromatic heterocycles. The lowest BCUT2D eigenvalue weighted by molar-refractivity contribution is 0.100. The Morgan fingerprint density at radius 2 is 2.36 bits per heavy atom. The fraction of sp³-hybridized carbons (Fsp3) is 0.111. The van der Waals surface area contributed by atoms with Gasteiger partial charge in [0.2, 0.25) is 0 Å². The number of ketones is 1. The number of fused-ring (bicyclic) bond motifs is 1. The second-order valence-electron chi connectivity index (χ2n) is 2.88. The highest BCUT2D eigenvalue weighted by atomic mass is 79.9. The minimum absolute atomic E-state index is 0.155. The van der Waals surface area contributed by atoms with Gasteiger partial charge in [0.05, 0.1) is 5.52 Å². The van der Waals surface area contributed by atoms with Crippen LogP contribution in [0.25, 0.3) is 5.52 Å². The van der Waals surface area contributed by atoms with Crippen molar-refractivity contribution in [3.63, 3.8) is 0 Å². The van der Waals surface area contributed by atoms with E-state index in [0.29, 0.717) is 15.9 Å². The first-order valence-corrected chi connectivity index (χ1v) is 4.73. The van der Waals surface area contributed by atoms with Gasteiger partial charge in [0.15, 0.2) is 11.6 Å². The summed E-state index contributed by atoms with van der Waals surface area (Å²) >= 11 is 3.17. The third kappa shape index (κ3) is 1.33. The maximum absolute atomic E-state index is 12.9. The largest absolute Gasteiger partial charge is 0.296 e. The Morgan fingerprint density at radius 1 is 1.64 bits per heavy atom. The first-order valence-electron chi connectivity index (χ1n) is 3.93. The summed E-state index contributed by atoms with van der Waals surface area (Å²) < 4.78 is 14.9. The number of imidazole rings is 1. The zero-order valence-corrected chi connectivity index (χ0v) is 8.88. The van der Waals surface area contributed by atoms with Crippen LogP contribution in [-0.2, 0) is 0 Å². The number of rotatable bonds is 1. The monoisotopic (exact) mass is 256 g/mol. The van der Waals surface area contributed by atoms with Gasteiger partial charge in [-0.15, -0.1) is 0 Å². The number of carbonyl (C=O) groups excluding carboxylic acids is 1. The number of pyridine rings is 1. The molecule has 0 aromatic carbocycles. The molecule has 0 saturated carbocycles. The Labute approximate surface area is 87.7 Å². The van der Waals surface area contributed by atoms with E-state index in [1.165, 1.54) is 25.3 Å². The summed E-state index contributed by atoms with van der Waals surface area (Å²) in [6.45, 7) is 1.42. The molecule has 0 spiro atoms. The van der Waals surface area contributed by atoms with Crippen LogP contribution in [0.4, 0.5) is 4.39 Å². The van der Waals surface area contributed by atoms with Crippen LogP contribution in [0.15, 0.2) is 22.9 Å². The van der Waals surface area contributed by atoms with Gasteiger partial charge in [-0.05, 0) is 22.0 Å². The van der Waals surface area contributed by atoms with Crippen molar-refractivity contribution in [3.05, 3.63) is 34.6 Å². The van der Waals surface area contributed by atoms with Gasteiger partial charge >= 0.3 is 0 Å². The summed E-state index contributed by atoms with van der Waals surface area (Å²) in [4.78, 5) is 15.2. The highest BCUT2D eigenvalue weighted by molar-refractivity contribution is 9.10. The smallest absolute Gasteiger partial charge is 0.195 e. The van der Waals surface area contributed by atoms with Crippen LogP contribution >= 0.6 is 15.9 Å². The minimum Gasteiger partial charge on any atom is -0.296 e. The molecule has 72 valence electrons. The van der Waals surface area contributed by atoms with Crippen LogP contribution in [0.2, 0.25) is 0 Å². The van der Waals surface area contributed by atoms with Gasteiger partial charge < -0.3 is 0 Å². The van der Waals surface area contributed by atoms with Crippen molar-refractivity contribution < 1.29 is 9.18 Å². The molecule has 5 heteroatoms. The highest BCUT2D eigenvalue weighted by Gasteiger charge is 2.12. The molecule has 0 unspecified atom stereocenters. The molecule has 0 aliphatic rings. The molecule has 0 aliphatic carbocycles. The number of carbonyl (C=O) groups is 1. The van der Waals surface area contributed by atoms with E-state index >= 15 is 0 Å². The zero-order valence-electron chi connectivity index (χ0n) is 7.29. The van der Waals surface area contributed by atoms with Crippen molar-refractivity contribution in [1.29, 1.82) is 0 Å². The summed E-state index contributed by atoms with van der Waals surface area (Å²) in [5.74, 6) is -0.211. The molecule has 0 fully saturated rings. The Kier molecular flexibility index (Phi) is 2.11. The Hall–Kier alpha value is -1.23. The standard InChI is InChI=1S/C9H6BrFN2O/c1-5(14)9-12-8(10)7-4-6(11)2-3-13(7)9/h2-4H,1H3. The van der Waals surface area contributed by atoms with Gasteiger partial charge in [-0.3, -0.25) is 9.20 Å². The lowest BCUT2D eigenvalue weighted by Crippen LogP contribution is -2.00. The molecule has 2 heterocycles. The van der Waals surface area contributed by atoms with E-state index in [9.17, 15) is 9.18 Å².